The van der Waals surface area contributed by atoms with Crippen LogP contribution in [0, 0.1) is 11.3 Å². The van der Waals surface area contributed by atoms with Gasteiger partial charge >= 0.3 is 6.09 Å². The molecule has 0 saturated carbocycles. The molecule has 0 bridgehead atoms. The predicted octanol–water partition coefficient (Wildman–Crippen LogP) is 2.23. The number of amides is 1. The van der Waals surface area contributed by atoms with Gasteiger partial charge in [0.05, 0.1) is 0 Å². The lowest BCUT2D eigenvalue weighted by Gasteiger charge is -2.44. The first kappa shape index (κ1) is 14.3. The Hall–Kier alpha value is -0.770. The van der Waals surface area contributed by atoms with Gasteiger partial charge in [-0.15, -0.1) is 0 Å². The van der Waals surface area contributed by atoms with Crippen LogP contribution in [0.15, 0.2) is 0 Å². The minimum absolute atomic E-state index is 0.151. The number of nitrogens with zero attached hydrogens (tertiary/aromatic N) is 1. The van der Waals surface area contributed by atoms with Gasteiger partial charge in [0, 0.05) is 13.1 Å². The number of carbonyl (C=O) groups excluding carboxylic acids is 1. The topological polar surface area (TPSA) is 55.6 Å². The molecule has 0 aliphatic carbocycles. The van der Waals surface area contributed by atoms with Crippen LogP contribution in [0.25, 0.3) is 0 Å². The normalized spacial score (nSPS) is 30.2. The average molecular weight is 242 g/mol. The molecule has 4 nitrogen and oxygen atoms in total. The lowest BCUT2D eigenvalue weighted by molar-refractivity contribution is -0.000128. The third-order valence-corrected chi connectivity index (χ3v) is 3.75. The third kappa shape index (κ3) is 3.60. The average Bonchev–Trinajstić information content (AvgIpc) is 2.19. The lowest BCUT2D eigenvalue weighted by atomic mass is 9.73. The van der Waals surface area contributed by atoms with Crippen LogP contribution in [0.3, 0.4) is 0 Å². The Morgan fingerprint density at radius 3 is 2.53 bits per heavy atom. The maximum absolute atomic E-state index is 11.9. The standard InChI is InChI=1S/C13H26N2O2/c1-10-8-15(7-6-13(10,5)9-14)11(16)17-12(2,3)4/h10H,6-9,14H2,1-5H3. The monoisotopic (exact) mass is 242 g/mol. The summed E-state index contributed by atoms with van der Waals surface area (Å²) in [5.74, 6) is 0.411. The van der Waals surface area contributed by atoms with E-state index in [1.807, 2.05) is 20.8 Å². The quantitative estimate of drug-likeness (QED) is 0.767. The van der Waals surface area contributed by atoms with Gasteiger partial charge in [-0.05, 0) is 45.1 Å². The van der Waals surface area contributed by atoms with E-state index in [-0.39, 0.29) is 11.5 Å². The van der Waals surface area contributed by atoms with E-state index < -0.39 is 5.60 Å². The minimum Gasteiger partial charge on any atom is -0.444 e. The van der Waals surface area contributed by atoms with Gasteiger partial charge in [0.25, 0.3) is 0 Å². The maximum atomic E-state index is 11.9. The molecule has 17 heavy (non-hydrogen) atoms. The summed E-state index contributed by atoms with van der Waals surface area (Å²) in [7, 11) is 0. The molecule has 4 heteroatoms. The Bertz CT molecular complexity index is 286. The highest BCUT2D eigenvalue weighted by Crippen LogP contribution is 2.35. The van der Waals surface area contributed by atoms with Crippen molar-refractivity contribution in [2.24, 2.45) is 17.1 Å². The van der Waals surface area contributed by atoms with Gasteiger partial charge in [-0.25, -0.2) is 4.79 Å². The SMILES string of the molecule is CC1CN(C(=O)OC(C)(C)C)CCC1(C)CN. The maximum Gasteiger partial charge on any atom is 0.410 e. The zero-order chi connectivity index (χ0) is 13.3. The summed E-state index contributed by atoms with van der Waals surface area (Å²) in [4.78, 5) is 13.7. The van der Waals surface area contributed by atoms with E-state index in [0.29, 0.717) is 12.5 Å². The number of hydrogen-bond donors (Lipinski definition) is 1. The summed E-state index contributed by atoms with van der Waals surface area (Å²) in [6, 6.07) is 0. The summed E-state index contributed by atoms with van der Waals surface area (Å²) in [5.41, 5.74) is 5.55. The van der Waals surface area contributed by atoms with Crippen molar-refractivity contribution in [1.29, 1.82) is 0 Å². The van der Waals surface area contributed by atoms with Crippen LogP contribution in [-0.4, -0.2) is 36.2 Å². The zero-order valence-corrected chi connectivity index (χ0v) is 11.7. The molecule has 0 aromatic carbocycles. The van der Waals surface area contributed by atoms with Crippen LogP contribution in [0.1, 0.15) is 41.0 Å². The molecule has 0 aromatic heterocycles. The molecule has 100 valence electrons. The molecule has 0 spiro atoms. The first-order chi connectivity index (χ1) is 7.68. The van der Waals surface area contributed by atoms with Crippen molar-refractivity contribution in [2.45, 2.75) is 46.6 Å². The molecule has 2 atom stereocenters. The molecule has 1 saturated heterocycles. The molecule has 1 amide bonds. The molecule has 0 aromatic rings. The Morgan fingerprint density at radius 2 is 2.12 bits per heavy atom. The second kappa shape index (κ2) is 4.84. The van der Waals surface area contributed by atoms with Crippen molar-refractivity contribution in [3.63, 3.8) is 0 Å². The van der Waals surface area contributed by atoms with Gasteiger partial charge in [-0.3, -0.25) is 0 Å². The van der Waals surface area contributed by atoms with Gasteiger partial charge in [-0.1, -0.05) is 13.8 Å². The van der Waals surface area contributed by atoms with Crippen LogP contribution in [-0.2, 0) is 4.74 Å². The number of ether oxygens (including phenoxy) is 1. The van der Waals surface area contributed by atoms with Gasteiger partial charge in [0.2, 0.25) is 0 Å². The van der Waals surface area contributed by atoms with E-state index in [1.54, 1.807) is 4.90 Å². The second-order valence-corrected chi connectivity index (χ2v) is 6.44. The zero-order valence-electron chi connectivity index (χ0n) is 11.7. The van der Waals surface area contributed by atoms with E-state index in [4.69, 9.17) is 10.5 Å². The Kier molecular flexibility index (Phi) is 4.07. The summed E-state index contributed by atoms with van der Waals surface area (Å²) in [6.45, 7) is 12.2. The first-order valence-corrected chi connectivity index (χ1v) is 6.36. The highest BCUT2D eigenvalue weighted by Gasteiger charge is 2.38. The third-order valence-electron chi connectivity index (χ3n) is 3.75. The van der Waals surface area contributed by atoms with Gasteiger partial charge < -0.3 is 15.4 Å². The van der Waals surface area contributed by atoms with Crippen molar-refractivity contribution in [2.75, 3.05) is 19.6 Å². The van der Waals surface area contributed by atoms with E-state index >= 15 is 0 Å². The molecule has 1 aliphatic heterocycles. The highest BCUT2D eigenvalue weighted by atomic mass is 16.6. The van der Waals surface area contributed by atoms with E-state index in [0.717, 1.165) is 19.5 Å². The fourth-order valence-electron chi connectivity index (χ4n) is 2.07. The Morgan fingerprint density at radius 1 is 1.53 bits per heavy atom. The van der Waals surface area contributed by atoms with Crippen LogP contribution >= 0.6 is 0 Å². The fraction of sp³-hybridized carbons (Fsp3) is 0.923. The summed E-state index contributed by atoms with van der Waals surface area (Å²) in [5, 5.41) is 0. The summed E-state index contributed by atoms with van der Waals surface area (Å²) >= 11 is 0. The molecule has 1 heterocycles. The smallest absolute Gasteiger partial charge is 0.410 e. The number of carbonyl (C=O) groups is 1. The van der Waals surface area contributed by atoms with Gasteiger partial charge in [0.15, 0.2) is 0 Å². The molecule has 2 N–H and O–H groups in total. The van der Waals surface area contributed by atoms with E-state index in [2.05, 4.69) is 13.8 Å². The molecule has 2 unspecified atom stereocenters. The highest BCUT2D eigenvalue weighted by molar-refractivity contribution is 5.68. The first-order valence-electron chi connectivity index (χ1n) is 6.36. The number of nitrogens with two attached hydrogens (primary N) is 1. The van der Waals surface area contributed by atoms with Crippen molar-refractivity contribution in [3.8, 4) is 0 Å². The van der Waals surface area contributed by atoms with Crippen molar-refractivity contribution >= 4 is 6.09 Å². The van der Waals surface area contributed by atoms with E-state index in [1.165, 1.54) is 0 Å². The molecule has 1 rings (SSSR count). The van der Waals surface area contributed by atoms with Crippen LogP contribution < -0.4 is 5.73 Å². The second-order valence-electron chi connectivity index (χ2n) is 6.44. The molecule has 1 aliphatic rings. The number of likely N-dealkylation sites (tertiary alicyclic amines) is 1. The number of hydrogen-bond acceptors (Lipinski definition) is 3. The van der Waals surface area contributed by atoms with Crippen molar-refractivity contribution in [3.05, 3.63) is 0 Å². The fourth-order valence-corrected chi connectivity index (χ4v) is 2.07. The number of rotatable bonds is 1. The molecular weight excluding hydrogens is 216 g/mol. The molecular formula is C13H26N2O2. The van der Waals surface area contributed by atoms with Crippen molar-refractivity contribution in [1.82, 2.24) is 4.90 Å². The van der Waals surface area contributed by atoms with Crippen LogP contribution in [0.5, 0.6) is 0 Å². The Balaban J connectivity index is 2.58. The predicted molar refractivity (Wildman–Crippen MR) is 68.7 cm³/mol. The molecule has 0 radical (unpaired) electrons. The van der Waals surface area contributed by atoms with Gasteiger partial charge in [-0.2, -0.15) is 0 Å². The minimum atomic E-state index is -0.422. The molecule has 1 fully saturated rings. The Labute approximate surface area is 104 Å². The van der Waals surface area contributed by atoms with Crippen LogP contribution in [0.2, 0.25) is 0 Å². The van der Waals surface area contributed by atoms with Gasteiger partial charge in [0.1, 0.15) is 5.60 Å². The largest absolute Gasteiger partial charge is 0.444 e. The van der Waals surface area contributed by atoms with Crippen molar-refractivity contribution < 1.29 is 9.53 Å². The lowest BCUT2D eigenvalue weighted by Crippen LogP contribution is -2.51. The summed E-state index contributed by atoms with van der Waals surface area (Å²) < 4.78 is 5.38. The number of piperidine rings is 1. The van der Waals surface area contributed by atoms with E-state index in [9.17, 15) is 4.79 Å². The van der Waals surface area contributed by atoms with Crippen LogP contribution in [0.4, 0.5) is 4.79 Å². The summed E-state index contributed by atoms with van der Waals surface area (Å²) in [6.07, 6.45) is 0.743.